The van der Waals surface area contributed by atoms with Gasteiger partial charge in [0.1, 0.15) is 0 Å². The molecule has 1 aromatic rings. The van der Waals surface area contributed by atoms with E-state index in [-0.39, 0.29) is 18.2 Å². The van der Waals surface area contributed by atoms with Crippen LogP contribution >= 0.6 is 0 Å². The first kappa shape index (κ1) is 17.9. The standard InChI is InChI=1S/C20H25N3O4/c24-19(12-27-22-11-14-2-1-3-18(7-14)23(25)26)21-13-20-8-15-4-16(9-20)6-17(5-15)10-20/h1-3,7,11,15-17H,4-6,8-10,12-13H2,(H,21,24)/b22-11-. The lowest BCUT2D eigenvalue weighted by atomic mass is 9.49. The van der Waals surface area contributed by atoms with Crippen LogP contribution in [0.1, 0.15) is 44.1 Å². The van der Waals surface area contributed by atoms with Crippen molar-refractivity contribution in [1.29, 1.82) is 0 Å². The predicted molar refractivity (Wildman–Crippen MR) is 100 cm³/mol. The quantitative estimate of drug-likeness (QED) is 0.452. The van der Waals surface area contributed by atoms with Gasteiger partial charge in [0.15, 0.2) is 6.61 Å². The third-order valence-electron chi connectivity index (χ3n) is 6.38. The number of carbonyl (C=O) groups excluding carboxylic acids is 1. The molecule has 27 heavy (non-hydrogen) atoms. The van der Waals surface area contributed by atoms with Gasteiger partial charge in [-0.15, -0.1) is 0 Å². The molecule has 144 valence electrons. The van der Waals surface area contributed by atoms with Crippen LogP contribution in [0.3, 0.4) is 0 Å². The molecule has 5 rings (SSSR count). The molecule has 0 aromatic heterocycles. The summed E-state index contributed by atoms with van der Waals surface area (Å²) < 4.78 is 0. The Morgan fingerprint density at radius 3 is 2.56 bits per heavy atom. The van der Waals surface area contributed by atoms with Crippen molar-refractivity contribution in [3.63, 3.8) is 0 Å². The first-order valence-corrected chi connectivity index (χ1v) is 9.68. The van der Waals surface area contributed by atoms with E-state index in [1.807, 2.05) is 0 Å². The smallest absolute Gasteiger partial charge is 0.270 e. The number of nitrogens with zero attached hydrogens (tertiary/aromatic N) is 2. The van der Waals surface area contributed by atoms with Crippen molar-refractivity contribution < 1.29 is 14.6 Å². The number of non-ortho nitro benzene ring substituents is 1. The second-order valence-electron chi connectivity index (χ2n) is 8.55. The van der Waals surface area contributed by atoms with E-state index in [9.17, 15) is 14.9 Å². The molecule has 7 heteroatoms. The summed E-state index contributed by atoms with van der Waals surface area (Å²) in [7, 11) is 0. The molecule has 0 atom stereocenters. The summed E-state index contributed by atoms with van der Waals surface area (Å²) in [6.45, 7) is 0.602. The monoisotopic (exact) mass is 371 g/mol. The van der Waals surface area contributed by atoms with E-state index >= 15 is 0 Å². The van der Waals surface area contributed by atoms with Crippen LogP contribution in [-0.4, -0.2) is 30.2 Å². The van der Waals surface area contributed by atoms with Gasteiger partial charge >= 0.3 is 0 Å². The molecule has 4 saturated carbocycles. The van der Waals surface area contributed by atoms with Crippen molar-refractivity contribution in [2.24, 2.45) is 28.3 Å². The van der Waals surface area contributed by atoms with E-state index in [0.29, 0.717) is 11.0 Å². The summed E-state index contributed by atoms with van der Waals surface area (Å²) in [4.78, 5) is 27.4. The highest BCUT2D eigenvalue weighted by Crippen LogP contribution is 2.59. The summed E-state index contributed by atoms with van der Waals surface area (Å²) >= 11 is 0. The molecule has 4 aliphatic rings. The van der Waals surface area contributed by atoms with Gasteiger partial charge in [0.25, 0.3) is 11.6 Å². The number of nitro benzene ring substituents is 1. The number of hydrogen-bond donors (Lipinski definition) is 1. The third kappa shape index (κ3) is 4.12. The number of nitro groups is 1. The normalized spacial score (nSPS) is 31.2. The summed E-state index contributed by atoms with van der Waals surface area (Å²) in [5, 5.41) is 17.5. The van der Waals surface area contributed by atoms with Crippen LogP contribution in [0.5, 0.6) is 0 Å². The Morgan fingerprint density at radius 2 is 1.93 bits per heavy atom. The lowest BCUT2D eigenvalue weighted by Gasteiger charge is -2.56. The minimum absolute atomic E-state index is 0.00716. The first-order valence-electron chi connectivity index (χ1n) is 9.68. The van der Waals surface area contributed by atoms with E-state index in [4.69, 9.17) is 4.84 Å². The number of benzene rings is 1. The Kier molecular flexibility index (Phi) is 4.85. The zero-order valence-corrected chi connectivity index (χ0v) is 15.3. The minimum Gasteiger partial charge on any atom is -0.386 e. The summed E-state index contributed by atoms with van der Waals surface area (Å²) in [6.07, 6.45) is 9.31. The topological polar surface area (TPSA) is 93.8 Å². The van der Waals surface area contributed by atoms with Gasteiger partial charge in [0.2, 0.25) is 0 Å². The molecule has 0 heterocycles. The molecule has 4 fully saturated rings. The molecule has 1 aromatic carbocycles. The molecule has 1 N–H and O–H groups in total. The van der Waals surface area contributed by atoms with E-state index in [2.05, 4.69) is 10.5 Å². The van der Waals surface area contributed by atoms with Gasteiger partial charge in [0, 0.05) is 24.2 Å². The lowest BCUT2D eigenvalue weighted by molar-refractivity contribution is -0.384. The van der Waals surface area contributed by atoms with Crippen molar-refractivity contribution in [3.8, 4) is 0 Å². The summed E-state index contributed by atoms with van der Waals surface area (Å²) in [5.74, 6) is 2.43. The van der Waals surface area contributed by atoms with Gasteiger partial charge in [0.05, 0.1) is 11.1 Å². The minimum atomic E-state index is -0.462. The van der Waals surface area contributed by atoms with Crippen molar-refractivity contribution in [2.45, 2.75) is 38.5 Å². The average Bonchev–Trinajstić information content (AvgIpc) is 2.63. The summed E-state index contributed by atoms with van der Waals surface area (Å²) in [6, 6.07) is 6.08. The maximum Gasteiger partial charge on any atom is 0.270 e. The molecule has 0 spiro atoms. The second-order valence-corrected chi connectivity index (χ2v) is 8.55. The van der Waals surface area contributed by atoms with E-state index in [1.165, 1.54) is 56.9 Å². The zero-order chi connectivity index (χ0) is 18.9. The van der Waals surface area contributed by atoms with E-state index in [0.717, 1.165) is 24.3 Å². The molecular formula is C20H25N3O4. The fourth-order valence-corrected chi connectivity index (χ4v) is 5.76. The number of amides is 1. The van der Waals surface area contributed by atoms with Gasteiger partial charge in [-0.2, -0.15) is 0 Å². The average molecular weight is 371 g/mol. The van der Waals surface area contributed by atoms with Crippen LogP contribution in [0, 0.1) is 33.3 Å². The molecule has 4 bridgehead atoms. The molecule has 0 unspecified atom stereocenters. The van der Waals surface area contributed by atoms with Crippen LogP contribution < -0.4 is 5.32 Å². The van der Waals surface area contributed by atoms with Gasteiger partial charge < -0.3 is 10.2 Å². The van der Waals surface area contributed by atoms with Crippen LogP contribution in [0.4, 0.5) is 5.69 Å². The molecule has 4 aliphatic carbocycles. The molecule has 0 saturated heterocycles. The Bertz CT molecular complexity index is 726. The van der Waals surface area contributed by atoms with Gasteiger partial charge in [-0.05, 0) is 61.7 Å². The number of rotatable bonds is 7. The van der Waals surface area contributed by atoms with E-state index < -0.39 is 4.92 Å². The Balaban J connectivity index is 1.22. The lowest BCUT2D eigenvalue weighted by Crippen LogP contribution is -2.51. The highest BCUT2D eigenvalue weighted by Gasteiger charge is 2.50. The fourth-order valence-electron chi connectivity index (χ4n) is 5.76. The van der Waals surface area contributed by atoms with Crippen LogP contribution in [0.15, 0.2) is 29.4 Å². The Labute approximate surface area is 158 Å². The highest BCUT2D eigenvalue weighted by molar-refractivity contribution is 5.80. The Hall–Kier alpha value is -2.44. The van der Waals surface area contributed by atoms with Gasteiger partial charge in [-0.25, -0.2) is 0 Å². The summed E-state index contributed by atoms with van der Waals surface area (Å²) in [5.41, 5.74) is 0.849. The number of oxime groups is 1. The molecule has 1 amide bonds. The van der Waals surface area contributed by atoms with Gasteiger partial charge in [-0.1, -0.05) is 17.3 Å². The number of nitrogens with one attached hydrogen (secondary N) is 1. The van der Waals surface area contributed by atoms with Crippen molar-refractivity contribution >= 4 is 17.8 Å². The molecule has 0 aliphatic heterocycles. The predicted octanol–water partition coefficient (Wildman–Crippen LogP) is 3.28. The number of carbonyl (C=O) groups is 1. The van der Waals surface area contributed by atoms with Crippen LogP contribution in [0.25, 0.3) is 0 Å². The molecule has 0 radical (unpaired) electrons. The van der Waals surface area contributed by atoms with E-state index in [1.54, 1.807) is 12.1 Å². The molecule has 7 nitrogen and oxygen atoms in total. The maximum absolute atomic E-state index is 12.1. The van der Waals surface area contributed by atoms with Crippen LogP contribution in [0.2, 0.25) is 0 Å². The van der Waals surface area contributed by atoms with Gasteiger partial charge in [-0.3, -0.25) is 14.9 Å². The SMILES string of the molecule is O=C(CO/N=C\c1cccc([N+](=O)[O-])c1)NCC12CC3CC(CC(C3)C1)C2. The van der Waals surface area contributed by atoms with Crippen molar-refractivity contribution in [3.05, 3.63) is 39.9 Å². The second kappa shape index (κ2) is 7.29. The zero-order valence-electron chi connectivity index (χ0n) is 15.3. The Morgan fingerprint density at radius 1 is 1.26 bits per heavy atom. The first-order chi connectivity index (χ1) is 13.0. The van der Waals surface area contributed by atoms with Crippen molar-refractivity contribution in [1.82, 2.24) is 5.32 Å². The third-order valence-corrected chi connectivity index (χ3v) is 6.38. The maximum atomic E-state index is 12.1. The van der Waals surface area contributed by atoms with Crippen molar-refractivity contribution in [2.75, 3.05) is 13.2 Å². The fraction of sp³-hybridized carbons (Fsp3) is 0.600. The molecular weight excluding hydrogens is 346 g/mol. The highest BCUT2D eigenvalue weighted by atomic mass is 16.6. The van der Waals surface area contributed by atoms with Crippen LogP contribution in [-0.2, 0) is 9.63 Å². The largest absolute Gasteiger partial charge is 0.386 e. The number of hydrogen-bond acceptors (Lipinski definition) is 5.